The lowest BCUT2D eigenvalue weighted by atomic mass is 9.90. The average molecular weight is 421 g/mol. The molecule has 2 aromatic rings. The fourth-order valence-electron chi connectivity index (χ4n) is 4.51. The third kappa shape index (κ3) is 6.09. The van der Waals surface area contributed by atoms with Crippen LogP contribution in [0.15, 0.2) is 48.5 Å². The molecule has 0 radical (unpaired) electrons. The van der Waals surface area contributed by atoms with E-state index >= 15 is 0 Å². The van der Waals surface area contributed by atoms with E-state index in [2.05, 4.69) is 35.6 Å². The predicted octanol–water partition coefficient (Wildman–Crippen LogP) is 4.60. The van der Waals surface area contributed by atoms with Crippen LogP contribution in [0.5, 0.6) is 5.75 Å². The summed E-state index contributed by atoms with van der Waals surface area (Å²) in [6.45, 7) is 2.30. The maximum absolute atomic E-state index is 12.5. The minimum Gasteiger partial charge on any atom is -0.494 e. The minimum absolute atomic E-state index is 0.0694. The highest BCUT2D eigenvalue weighted by molar-refractivity contribution is 5.94. The molecule has 0 saturated carbocycles. The van der Waals surface area contributed by atoms with E-state index in [4.69, 9.17) is 4.74 Å². The van der Waals surface area contributed by atoms with Gasteiger partial charge >= 0.3 is 0 Å². The zero-order valence-electron chi connectivity index (χ0n) is 18.1. The smallest absolute Gasteiger partial charge is 0.224 e. The maximum Gasteiger partial charge on any atom is 0.224 e. The molecule has 2 amide bonds. The van der Waals surface area contributed by atoms with E-state index in [9.17, 15) is 9.59 Å². The monoisotopic (exact) mass is 420 g/mol. The third-order valence-electron chi connectivity index (χ3n) is 6.43. The van der Waals surface area contributed by atoms with Crippen LogP contribution in [0.1, 0.15) is 49.7 Å². The zero-order chi connectivity index (χ0) is 21.5. The first kappa shape index (κ1) is 21.4. The number of anilines is 1. The summed E-state index contributed by atoms with van der Waals surface area (Å²) >= 11 is 0. The lowest BCUT2D eigenvalue weighted by molar-refractivity contribution is -0.132. The molecule has 4 rings (SSSR count). The molecular formula is C26H32N2O3. The largest absolute Gasteiger partial charge is 0.494 e. The molecule has 2 heterocycles. The first-order valence-electron chi connectivity index (χ1n) is 11.5. The molecule has 0 aromatic heterocycles. The molecule has 0 unspecified atom stereocenters. The van der Waals surface area contributed by atoms with Crippen molar-refractivity contribution in [2.75, 3.05) is 25.0 Å². The number of nitrogens with zero attached hydrogens (tertiary/aromatic N) is 1. The summed E-state index contributed by atoms with van der Waals surface area (Å²) in [5, 5.41) is 2.88. The number of likely N-dealkylation sites (tertiary alicyclic amines) is 1. The Morgan fingerprint density at radius 3 is 2.68 bits per heavy atom. The van der Waals surface area contributed by atoms with Crippen LogP contribution in [-0.2, 0) is 22.4 Å². The molecule has 5 nitrogen and oxygen atoms in total. The van der Waals surface area contributed by atoms with Crippen LogP contribution in [0.4, 0.5) is 5.69 Å². The fraction of sp³-hybridized carbons (Fsp3) is 0.462. The Kier molecular flexibility index (Phi) is 7.23. The van der Waals surface area contributed by atoms with Crippen molar-refractivity contribution in [2.45, 2.75) is 51.4 Å². The normalized spacial score (nSPS) is 16.5. The molecule has 5 heteroatoms. The van der Waals surface area contributed by atoms with Crippen LogP contribution in [0.25, 0.3) is 0 Å². The van der Waals surface area contributed by atoms with Crippen LogP contribution in [-0.4, -0.2) is 36.4 Å². The standard InChI is InChI=1S/C26H32N2O3/c29-25-13-10-22-19-23(11-12-24(22)27-25)31-18-4-7-26(30)28-16-14-21(15-17-28)9-8-20-5-2-1-3-6-20/h1-3,5-6,11-12,19,21H,4,7-10,13-18H2,(H,27,29). The first-order valence-corrected chi connectivity index (χ1v) is 11.5. The summed E-state index contributed by atoms with van der Waals surface area (Å²) < 4.78 is 5.84. The van der Waals surface area contributed by atoms with E-state index < -0.39 is 0 Å². The number of piperidine rings is 1. The summed E-state index contributed by atoms with van der Waals surface area (Å²) in [6.07, 6.45) is 7.10. The van der Waals surface area contributed by atoms with Crippen molar-refractivity contribution in [1.82, 2.24) is 4.90 Å². The molecule has 1 fully saturated rings. The maximum atomic E-state index is 12.5. The lowest BCUT2D eigenvalue weighted by Gasteiger charge is -2.32. The molecular weight excluding hydrogens is 388 g/mol. The van der Waals surface area contributed by atoms with Gasteiger partial charge in [0.15, 0.2) is 0 Å². The van der Waals surface area contributed by atoms with E-state index in [1.807, 2.05) is 23.1 Å². The number of amides is 2. The van der Waals surface area contributed by atoms with Gasteiger partial charge in [-0.15, -0.1) is 0 Å². The van der Waals surface area contributed by atoms with Crippen LogP contribution in [0.2, 0.25) is 0 Å². The topological polar surface area (TPSA) is 58.6 Å². The van der Waals surface area contributed by atoms with E-state index in [1.165, 1.54) is 12.0 Å². The van der Waals surface area contributed by atoms with Crippen molar-refractivity contribution in [3.8, 4) is 5.75 Å². The van der Waals surface area contributed by atoms with E-state index in [1.54, 1.807) is 0 Å². The number of hydrogen-bond donors (Lipinski definition) is 1. The summed E-state index contributed by atoms with van der Waals surface area (Å²) in [4.78, 5) is 26.0. The Bertz CT molecular complexity index is 889. The Morgan fingerprint density at radius 1 is 1.06 bits per heavy atom. The SMILES string of the molecule is O=C1CCc2cc(OCCCC(=O)N3CCC(CCc4ccccc4)CC3)ccc2N1. The number of aryl methyl sites for hydroxylation is 2. The molecule has 2 aromatic carbocycles. The molecule has 0 spiro atoms. The second-order valence-corrected chi connectivity index (χ2v) is 8.67. The highest BCUT2D eigenvalue weighted by Crippen LogP contribution is 2.27. The summed E-state index contributed by atoms with van der Waals surface area (Å²) in [7, 11) is 0. The van der Waals surface area contributed by atoms with E-state index in [-0.39, 0.29) is 11.8 Å². The molecule has 0 atom stereocenters. The van der Waals surface area contributed by atoms with Gasteiger partial charge in [0.25, 0.3) is 0 Å². The molecule has 1 N–H and O–H groups in total. The van der Waals surface area contributed by atoms with Gasteiger partial charge in [0, 0.05) is 31.6 Å². The van der Waals surface area contributed by atoms with Gasteiger partial charge in [-0.3, -0.25) is 9.59 Å². The van der Waals surface area contributed by atoms with Crippen molar-refractivity contribution in [2.24, 2.45) is 5.92 Å². The Labute approximate surface area is 184 Å². The third-order valence-corrected chi connectivity index (χ3v) is 6.43. The molecule has 164 valence electrons. The van der Waals surface area contributed by atoms with Crippen molar-refractivity contribution in [3.63, 3.8) is 0 Å². The highest BCUT2D eigenvalue weighted by Gasteiger charge is 2.22. The molecule has 2 aliphatic heterocycles. The van der Waals surface area contributed by atoms with Crippen molar-refractivity contribution >= 4 is 17.5 Å². The predicted molar refractivity (Wildman–Crippen MR) is 122 cm³/mol. The zero-order valence-corrected chi connectivity index (χ0v) is 18.1. The molecule has 31 heavy (non-hydrogen) atoms. The second kappa shape index (κ2) is 10.5. The van der Waals surface area contributed by atoms with Gasteiger partial charge < -0.3 is 15.0 Å². The van der Waals surface area contributed by atoms with Gasteiger partial charge in [0.05, 0.1) is 6.61 Å². The Hall–Kier alpha value is -2.82. The quantitative estimate of drug-likeness (QED) is 0.635. The lowest BCUT2D eigenvalue weighted by Crippen LogP contribution is -2.38. The number of ether oxygens (including phenoxy) is 1. The number of nitrogens with one attached hydrogen (secondary N) is 1. The fourth-order valence-corrected chi connectivity index (χ4v) is 4.51. The van der Waals surface area contributed by atoms with Crippen LogP contribution in [0, 0.1) is 5.92 Å². The van der Waals surface area contributed by atoms with Gasteiger partial charge in [0.2, 0.25) is 11.8 Å². The summed E-state index contributed by atoms with van der Waals surface area (Å²) in [6, 6.07) is 16.4. The summed E-state index contributed by atoms with van der Waals surface area (Å²) in [5.41, 5.74) is 3.40. The van der Waals surface area contributed by atoms with Gasteiger partial charge in [0.1, 0.15) is 5.75 Å². The van der Waals surface area contributed by atoms with Crippen molar-refractivity contribution < 1.29 is 14.3 Å². The molecule has 0 bridgehead atoms. The number of fused-ring (bicyclic) bond motifs is 1. The number of rotatable bonds is 8. The van der Waals surface area contributed by atoms with Gasteiger partial charge in [-0.25, -0.2) is 0 Å². The highest BCUT2D eigenvalue weighted by atomic mass is 16.5. The second-order valence-electron chi connectivity index (χ2n) is 8.67. The number of carbonyl (C=O) groups excluding carboxylic acids is 2. The van der Waals surface area contributed by atoms with Gasteiger partial charge in [-0.05, 0) is 73.8 Å². The van der Waals surface area contributed by atoms with Crippen molar-refractivity contribution in [3.05, 3.63) is 59.7 Å². The van der Waals surface area contributed by atoms with Crippen molar-refractivity contribution in [1.29, 1.82) is 0 Å². The number of hydrogen-bond acceptors (Lipinski definition) is 3. The minimum atomic E-state index is 0.0694. The molecule has 1 saturated heterocycles. The van der Waals surface area contributed by atoms with Gasteiger partial charge in [-0.2, -0.15) is 0 Å². The van der Waals surface area contributed by atoms with Crippen LogP contribution in [0.3, 0.4) is 0 Å². The average Bonchev–Trinajstić information content (AvgIpc) is 2.81. The molecule has 0 aliphatic carbocycles. The Balaban J connectivity index is 1.12. The van der Waals surface area contributed by atoms with Gasteiger partial charge in [-0.1, -0.05) is 30.3 Å². The first-order chi connectivity index (χ1) is 15.2. The van der Waals surface area contributed by atoms with Crippen LogP contribution < -0.4 is 10.1 Å². The van der Waals surface area contributed by atoms with Crippen LogP contribution >= 0.6 is 0 Å². The van der Waals surface area contributed by atoms with E-state index in [0.717, 1.165) is 68.1 Å². The number of benzene rings is 2. The Morgan fingerprint density at radius 2 is 1.87 bits per heavy atom. The summed E-state index contributed by atoms with van der Waals surface area (Å²) in [5.74, 6) is 1.85. The number of carbonyl (C=O) groups is 2. The molecule has 2 aliphatic rings. The van der Waals surface area contributed by atoms with E-state index in [0.29, 0.717) is 19.4 Å².